The summed E-state index contributed by atoms with van der Waals surface area (Å²) in [7, 11) is -4.14. The Morgan fingerprint density at radius 3 is 2.18 bits per heavy atom. The first kappa shape index (κ1) is 18.9. The van der Waals surface area contributed by atoms with Gasteiger partial charge in [0, 0.05) is 6.61 Å². The summed E-state index contributed by atoms with van der Waals surface area (Å²) in [5.74, 6) is 0.551. The van der Waals surface area contributed by atoms with Gasteiger partial charge in [-0.05, 0) is 30.7 Å². The van der Waals surface area contributed by atoms with E-state index in [1.165, 1.54) is 56.4 Å². The van der Waals surface area contributed by atoms with Crippen LogP contribution in [0, 0.1) is 0 Å². The van der Waals surface area contributed by atoms with Gasteiger partial charge >= 0.3 is 0 Å². The van der Waals surface area contributed by atoms with Gasteiger partial charge in [0.2, 0.25) is 0 Å². The Kier molecular flexibility index (Phi) is 9.11. The fraction of sp³-hybridized carbons (Fsp3) is 0.625. The van der Waals surface area contributed by atoms with Crippen molar-refractivity contribution >= 4 is 10.1 Å². The molecule has 0 aliphatic rings. The summed E-state index contributed by atoms with van der Waals surface area (Å²) in [5.41, 5.74) is 0. The summed E-state index contributed by atoms with van der Waals surface area (Å²) < 4.78 is 41.5. The number of rotatable bonds is 12. The van der Waals surface area contributed by atoms with Crippen LogP contribution in [0.15, 0.2) is 29.2 Å². The van der Waals surface area contributed by atoms with Crippen molar-refractivity contribution in [3.8, 4) is 5.75 Å². The Balaban J connectivity index is 2.05. The van der Waals surface area contributed by atoms with E-state index in [-0.39, 0.29) is 4.90 Å². The predicted octanol–water partition coefficient (Wildman–Crippen LogP) is 3.69. The van der Waals surface area contributed by atoms with E-state index >= 15 is 0 Å². The molecule has 5 nitrogen and oxygen atoms in total. The normalized spacial score (nSPS) is 11.5. The molecular formula is C16H26O5S. The van der Waals surface area contributed by atoms with Gasteiger partial charge in [0.1, 0.15) is 12.4 Å². The molecule has 0 aromatic heterocycles. The van der Waals surface area contributed by atoms with Crippen molar-refractivity contribution in [3.63, 3.8) is 0 Å². The Morgan fingerprint density at radius 1 is 0.909 bits per heavy atom. The molecule has 0 radical (unpaired) electrons. The molecule has 0 aliphatic carbocycles. The van der Waals surface area contributed by atoms with Crippen LogP contribution in [0.25, 0.3) is 0 Å². The first-order chi connectivity index (χ1) is 10.5. The minimum absolute atomic E-state index is 0.140. The van der Waals surface area contributed by atoms with Gasteiger partial charge in [0.15, 0.2) is 0 Å². The fourth-order valence-corrected chi connectivity index (χ4v) is 2.49. The highest BCUT2D eigenvalue weighted by atomic mass is 32.2. The molecule has 1 N–H and O–H groups in total. The number of ether oxygens (including phenoxy) is 2. The molecule has 0 heterocycles. The monoisotopic (exact) mass is 330 g/mol. The molecule has 0 unspecified atom stereocenters. The molecule has 126 valence electrons. The maximum absolute atomic E-state index is 10.9. The summed E-state index contributed by atoms with van der Waals surface area (Å²) in [6.45, 7) is 3.88. The predicted molar refractivity (Wildman–Crippen MR) is 85.9 cm³/mol. The number of benzene rings is 1. The van der Waals surface area contributed by atoms with Crippen molar-refractivity contribution in [2.45, 2.75) is 50.3 Å². The molecule has 0 atom stereocenters. The standard InChI is InChI=1S/C16H26O5S/c1-2-3-4-5-6-7-12-20-13-14-21-15-8-10-16(11-9-15)22(17,18)19/h8-11H,2-7,12-14H2,1H3,(H,17,18,19). The Hall–Kier alpha value is -1.11. The van der Waals surface area contributed by atoms with E-state index in [1.807, 2.05) is 0 Å². The lowest BCUT2D eigenvalue weighted by atomic mass is 10.1. The van der Waals surface area contributed by atoms with E-state index in [0.717, 1.165) is 13.0 Å². The summed E-state index contributed by atoms with van der Waals surface area (Å²) in [5, 5.41) is 0. The second-order valence-corrected chi connectivity index (χ2v) is 6.60. The molecule has 0 saturated heterocycles. The highest BCUT2D eigenvalue weighted by molar-refractivity contribution is 7.85. The third kappa shape index (κ3) is 8.36. The summed E-state index contributed by atoms with van der Waals surface area (Å²) >= 11 is 0. The van der Waals surface area contributed by atoms with E-state index in [2.05, 4.69) is 6.92 Å². The molecule has 0 bridgehead atoms. The third-order valence-electron chi connectivity index (χ3n) is 3.26. The zero-order valence-corrected chi connectivity index (χ0v) is 14.0. The van der Waals surface area contributed by atoms with Crippen molar-refractivity contribution < 1.29 is 22.4 Å². The molecule has 0 amide bonds. The average Bonchev–Trinajstić information content (AvgIpc) is 2.49. The maximum Gasteiger partial charge on any atom is 0.294 e. The average molecular weight is 330 g/mol. The van der Waals surface area contributed by atoms with Crippen molar-refractivity contribution in [1.29, 1.82) is 0 Å². The Labute approximate surface area is 133 Å². The first-order valence-electron chi connectivity index (χ1n) is 7.82. The lowest BCUT2D eigenvalue weighted by Gasteiger charge is -2.07. The first-order valence-corrected chi connectivity index (χ1v) is 9.26. The van der Waals surface area contributed by atoms with Gasteiger partial charge < -0.3 is 9.47 Å². The Morgan fingerprint density at radius 2 is 1.55 bits per heavy atom. The van der Waals surface area contributed by atoms with E-state index in [9.17, 15) is 8.42 Å². The van der Waals surface area contributed by atoms with Gasteiger partial charge in [-0.25, -0.2) is 0 Å². The zero-order valence-electron chi connectivity index (χ0n) is 13.2. The third-order valence-corrected chi connectivity index (χ3v) is 4.13. The molecule has 0 aliphatic heterocycles. The van der Waals surface area contributed by atoms with Crippen LogP contribution in [0.1, 0.15) is 45.4 Å². The van der Waals surface area contributed by atoms with Crippen molar-refractivity contribution in [3.05, 3.63) is 24.3 Å². The smallest absolute Gasteiger partial charge is 0.294 e. The van der Waals surface area contributed by atoms with Gasteiger partial charge in [-0.2, -0.15) is 8.42 Å². The second-order valence-electron chi connectivity index (χ2n) is 5.18. The van der Waals surface area contributed by atoms with Crippen LogP contribution in [-0.2, 0) is 14.9 Å². The van der Waals surface area contributed by atoms with Crippen molar-refractivity contribution in [1.82, 2.24) is 0 Å². The van der Waals surface area contributed by atoms with Crippen LogP contribution in [-0.4, -0.2) is 32.8 Å². The van der Waals surface area contributed by atoms with Crippen LogP contribution in [0.3, 0.4) is 0 Å². The van der Waals surface area contributed by atoms with E-state index in [1.54, 1.807) is 0 Å². The van der Waals surface area contributed by atoms with Crippen LogP contribution in [0.5, 0.6) is 5.75 Å². The van der Waals surface area contributed by atoms with E-state index in [0.29, 0.717) is 19.0 Å². The molecule has 1 rings (SSSR count). The Bertz CT molecular complexity index is 496. The van der Waals surface area contributed by atoms with Crippen molar-refractivity contribution in [2.24, 2.45) is 0 Å². The lowest BCUT2D eigenvalue weighted by Crippen LogP contribution is -2.07. The molecule has 0 spiro atoms. The fourth-order valence-electron chi connectivity index (χ4n) is 2.01. The number of unbranched alkanes of at least 4 members (excludes halogenated alkanes) is 5. The highest BCUT2D eigenvalue weighted by Gasteiger charge is 2.08. The van der Waals surface area contributed by atoms with Gasteiger partial charge in [0.05, 0.1) is 11.5 Å². The number of hydrogen-bond donors (Lipinski definition) is 1. The minimum Gasteiger partial charge on any atom is -0.491 e. The van der Waals surface area contributed by atoms with Crippen LogP contribution < -0.4 is 4.74 Å². The lowest BCUT2D eigenvalue weighted by molar-refractivity contribution is 0.0970. The van der Waals surface area contributed by atoms with Gasteiger partial charge in [-0.3, -0.25) is 4.55 Å². The molecule has 0 fully saturated rings. The van der Waals surface area contributed by atoms with E-state index < -0.39 is 10.1 Å². The number of hydrogen-bond acceptors (Lipinski definition) is 4. The van der Waals surface area contributed by atoms with Crippen LogP contribution >= 0.6 is 0 Å². The van der Waals surface area contributed by atoms with Crippen LogP contribution in [0.4, 0.5) is 0 Å². The van der Waals surface area contributed by atoms with E-state index in [4.69, 9.17) is 14.0 Å². The largest absolute Gasteiger partial charge is 0.491 e. The summed E-state index contributed by atoms with van der Waals surface area (Å²) in [6, 6.07) is 5.64. The van der Waals surface area contributed by atoms with Crippen molar-refractivity contribution in [2.75, 3.05) is 19.8 Å². The molecular weight excluding hydrogens is 304 g/mol. The molecule has 1 aromatic carbocycles. The molecule has 6 heteroatoms. The highest BCUT2D eigenvalue weighted by Crippen LogP contribution is 2.15. The topological polar surface area (TPSA) is 72.8 Å². The molecule has 0 saturated carbocycles. The molecule has 1 aromatic rings. The minimum atomic E-state index is -4.14. The quantitative estimate of drug-likeness (QED) is 0.467. The van der Waals surface area contributed by atoms with Gasteiger partial charge in [0.25, 0.3) is 10.1 Å². The SMILES string of the molecule is CCCCCCCCOCCOc1ccc(S(=O)(=O)O)cc1. The zero-order chi connectivity index (χ0) is 16.3. The second kappa shape index (κ2) is 10.6. The molecule has 22 heavy (non-hydrogen) atoms. The van der Waals surface area contributed by atoms with Gasteiger partial charge in [-0.15, -0.1) is 0 Å². The summed E-state index contributed by atoms with van der Waals surface area (Å²) in [6.07, 6.45) is 7.43. The van der Waals surface area contributed by atoms with Gasteiger partial charge in [-0.1, -0.05) is 39.0 Å². The van der Waals surface area contributed by atoms with Crippen LogP contribution in [0.2, 0.25) is 0 Å². The maximum atomic E-state index is 10.9. The summed E-state index contributed by atoms with van der Waals surface area (Å²) in [4.78, 5) is -0.140.